The average molecular weight is 459 g/mol. The van der Waals surface area contributed by atoms with Crippen molar-refractivity contribution in [3.63, 3.8) is 0 Å². The van der Waals surface area contributed by atoms with Crippen molar-refractivity contribution in [2.75, 3.05) is 0 Å². The standard InChI is InChI=1S/C34H22N2/c1-2-8-22-17-24(14-13-21(22)7-1)28-19-25(20-30-27-10-4-6-12-32(27)36-34(28)30)23-15-16-33-29(18-23)26-9-3-5-11-31(26)35-33/h1-20,35-36H. The number of hydrogen-bond acceptors (Lipinski definition) is 0. The van der Waals surface area contributed by atoms with Gasteiger partial charge in [0, 0.05) is 43.7 Å². The first-order valence-corrected chi connectivity index (χ1v) is 12.4. The van der Waals surface area contributed by atoms with Crippen LogP contribution in [0.4, 0.5) is 0 Å². The van der Waals surface area contributed by atoms with Crippen LogP contribution in [0.15, 0.2) is 121 Å². The van der Waals surface area contributed by atoms with Crippen LogP contribution in [0.5, 0.6) is 0 Å². The minimum absolute atomic E-state index is 1.17. The lowest BCUT2D eigenvalue weighted by molar-refractivity contribution is 1.53. The molecule has 0 radical (unpaired) electrons. The molecule has 2 heteroatoms. The van der Waals surface area contributed by atoms with Crippen LogP contribution in [0, 0.1) is 0 Å². The van der Waals surface area contributed by atoms with Crippen LogP contribution >= 0.6 is 0 Å². The number of hydrogen-bond donors (Lipinski definition) is 2. The topological polar surface area (TPSA) is 31.6 Å². The van der Waals surface area contributed by atoms with Gasteiger partial charge in [0.1, 0.15) is 0 Å². The zero-order chi connectivity index (χ0) is 23.6. The van der Waals surface area contributed by atoms with Crippen LogP contribution in [0.25, 0.3) is 76.6 Å². The molecule has 8 rings (SSSR count). The molecule has 2 N–H and O–H groups in total. The number of fused-ring (bicyclic) bond motifs is 7. The van der Waals surface area contributed by atoms with E-state index in [1.54, 1.807) is 0 Å². The van der Waals surface area contributed by atoms with Crippen molar-refractivity contribution in [3.05, 3.63) is 121 Å². The molecule has 0 fully saturated rings. The van der Waals surface area contributed by atoms with Gasteiger partial charge < -0.3 is 9.97 Å². The summed E-state index contributed by atoms with van der Waals surface area (Å²) in [5.41, 5.74) is 9.59. The Bertz CT molecular complexity index is 2110. The summed E-state index contributed by atoms with van der Waals surface area (Å²) in [7, 11) is 0. The predicted molar refractivity (Wildman–Crippen MR) is 154 cm³/mol. The molecule has 6 aromatic carbocycles. The Morgan fingerprint density at radius 1 is 0.361 bits per heavy atom. The lowest BCUT2D eigenvalue weighted by Crippen LogP contribution is -1.86. The maximum atomic E-state index is 3.72. The highest BCUT2D eigenvalue weighted by Crippen LogP contribution is 2.39. The zero-order valence-electron chi connectivity index (χ0n) is 19.5. The van der Waals surface area contributed by atoms with E-state index in [4.69, 9.17) is 0 Å². The monoisotopic (exact) mass is 458 g/mol. The van der Waals surface area contributed by atoms with E-state index in [2.05, 4.69) is 131 Å². The summed E-state index contributed by atoms with van der Waals surface area (Å²) in [6.45, 7) is 0. The third kappa shape index (κ3) is 2.85. The van der Waals surface area contributed by atoms with Gasteiger partial charge in [-0.1, -0.05) is 78.9 Å². The van der Waals surface area contributed by atoms with Crippen molar-refractivity contribution in [2.45, 2.75) is 0 Å². The molecular weight excluding hydrogens is 436 g/mol. The molecule has 0 atom stereocenters. The van der Waals surface area contributed by atoms with Gasteiger partial charge in [0.2, 0.25) is 0 Å². The van der Waals surface area contributed by atoms with Gasteiger partial charge in [0.25, 0.3) is 0 Å². The first kappa shape index (κ1) is 19.5. The molecule has 2 nitrogen and oxygen atoms in total. The number of benzene rings is 6. The molecule has 0 spiro atoms. The molecule has 0 saturated heterocycles. The summed E-state index contributed by atoms with van der Waals surface area (Å²) >= 11 is 0. The molecule has 2 aromatic heterocycles. The highest BCUT2D eigenvalue weighted by atomic mass is 14.7. The van der Waals surface area contributed by atoms with E-state index in [0.29, 0.717) is 0 Å². The van der Waals surface area contributed by atoms with Crippen molar-refractivity contribution < 1.29 is 0 Å². The Balaban J connectivity index is 1.43. The van der Waals surface area contributed by atoms with E-state index in [-0.39, 0.29) is 0 Å². The third-order valence-electron chi connectivity index (χ3n) is 7.52. The first-order chi connectivity index (χ1) is 17.8. The van der Waals surface area contributed by atoms with Gasteiger partial charge in [-0.25, -0.2) is 0 Å². The van der Waals surface area contributed by atoms with Gasteiger partial charge in [-0.2, -0.15) is 0 Å². The fourth-order valence-electron chi connectivity index (χ4n) is 5.73. The number of H-pyrrole nitrogens is 2. The summed E-state index contributed by atoms with van der Waals surface area (Å²) in [5.74, 6) is 0. The maximum absolute atomic E-state index is 3.72. The van der Waals surface area contributed by atoms with Crippen LogP contribution in [-0.4, -0.2) is 9.97 Å². The van der Waals surface area contributed by atoms with Crippen molar-refractivity contribution in [3.8, 4) is 22.3 Å². The van der Waals surface area contributed by atoms with E-state index >= 15 is 0 Å². The second-order valence-electron chi connectivity index (χ2n) is 9.61. The van der Waals surface area contributed by atoms with Crippen LogP contribution in [0.1, 0.15) is 0 Å². The molecule has 36 heavy (non-hydrogen) atoms. The molecule has 0 bridgehead atoms. The summed E-state index contributed by atoms with van der Waals surface area (Å²) in [6.07, 6.45) is 0. The summed E-state index contributed by atoms with van der Waals surface area (Å²) in [5, 5.41) is 7.54. The Labute approximate surface area is 207 Å². The average Bonchev–Trinajstić information content (AvgIpc) is 3.50. The number of aromatic nitrogens is 2. The van der Waals surface area contributed by atoms with Crippen molar-refractivity contribution >= 4 is 54.4 Å². The number of para-hydroxylation sites is 2. The molecule has 2 heterocycles. The van der Waals surface area contributed by atoms with Gasteiger partial charge in [-0.15, -0.1) is 0 Å². The minimum atomic E-state index is 1.17. The first-order valence-electron chi connectivity index (χ1n) is 12.4. The minimum Gasteiger partial charge on any atom is -0.355 e. The molecule has 8 aromatic rings. The summed E-state index contributed by atoms with van der Waals surface area (Å²) in [6, 6.07) is 43.9. The highest BCUT2D eigenvalue weighted by molar-refractivity contribution is 6.14. The Morgan fingerprint density at radius 2 is 1.00 bits per heavy atom. The second kappa shape index (κ2) is 7.34. The Kier molecular flexibility index (Phi) is 3.97. The van der Waals surface area contributed by atoms with Gasteiger partial charge in [-0.3, -0.25) is 0 Å². The van der Waals surface area contributed by atoms with Gasteiger partial charge in [0.05, 0.1) is 5.52 Å². The van der Waals surface area contributed by atoms with Crippen molar-refractivity contribution in [1.82, 2.24) is 9.97 Å². The van der Waals surface area contributed by atoms with E-state index < -0.39 is 0 Å². The van der Waals surface area contributed by atoms with Gasteiger partial charge in [-0.05, 0) is 69.9 Å². The SMILES string of the molecule is c1ccc2cc(-c3cc(-c4ccc5[nH]c6ccccc6c5c4)cc4c3[nH]c3ccccc34)ccc2c1. The van der Waals surface area contributed by atoms with Crippen molar-refractivity contribution in [1.29, 1.82) is 0 Å². The van der Waals surface area contributed by atoms with E-state index in [0.717, 1.165) is 0 Å². The fourth-order valence-corrected chi connectivity index (χ4v) is 5.73. The number of rotatable bonds is 2. The normalized spacial score (nSPS) is 11.9. The fraction of sp³-hybridized carbons (Fsp3) is 0. The zero-order valence-corrected chi connectivity index (χ0v) is 19.5. The predicted octanol–water partition coefficient (Wildman–Crippen LogP) is 9.44. The van der Waals surface area contributed by atoms with Crippen LogP contribution in [0.3, 0.4) is 0 Å². The maximum Gasteiger partial charge on any atom is 0.0544 e. The molecule has 0 aliphatic carbocycles. The smallest absolute Gasteiger partial charge is 0.0544 e. The molecule has 0 unspecified atom stereocenters. The highest BCUT2D eigenvalue weighted by Gasteiger charge is 2.14. The van der Waals surface area contributed by atoms with E-state index in [9.17, 15) is 0 Å². The van der Waals surface area contributed by atoms with E-state index in [1.165, 1.54) is 76.6 Å². The molecule has 0 aliphatic rings. The lowest BCUT2D eigenvalue weighted by atomic mass is 9.94. The van der Waals surface area contributed by atoms with Gasteiger partial charge in [0.15, 0.2) is 0 Å². The Hall–Kier alpha value is -4.82. The molecule has 0 saturated carbocycles. The third-order valence-corrected chi connectivity index (χ3v) is 7.52. The largest absolute Gasteiger partial charge is 0.355 e. The molecule has 168 valence electrons. The lowest BCUT2D eigenvalue weighted by Gasteiger charge is -2.10. The van der Waals surface area contributed by atoms with Crippen molar-refractivity contribution in [2.24, 2.45) is 0 Å². The molecule has 0 aliphatic heterocycles. The summed E-state index contributed by atoms with van der Waals surface area (Å²) < 4.78 is 0. The summed E-state index contributed by atoms with van der Waals surface area (Å²) in [4.78, 5) is 7.27. The van der Waals surface area contributed by atoms with Crippen LogP contribution < -0.4 is 0 Å². The number of nitrogens with one attached hydrogen (secondary N) is 2. The van der Waals surface area contributed by atoms with E-state index in [1.807, 2.05) is 0 Å². The quantitative estimate of drug-likeness (QED) is 0.258. The Morgan fingerprint density at radius 3 is 1.86 bits per heavy atom. The van der Waals surface area contributed by atoms with Crippen LogP contribution in [0.2, 0.25) is 0 Å². The molecule has 0 amide bonds. The van der Waals surface area contributed by atoms with Gasteiger partial charge >= 0.3 is 0 Å². The van der Waals surface area contributed by atoms with Crippen LogP contribution in [-0.2, 0) is 0 Å². The molecular formula is C34H22N2. The number of aromatic amines is 2. The second-order valence-corrected chi connectivity index (χ2v) is 9.61.